The Hall–Kier alpha value is -0.850. The zero-order chi connectivity index (χ0) is 27.4. The SMILES string of the molecule is CCCCCCCCCCCCCCCc1cc[n+](CC)cc1CCCCCCCCCCCCCCC. The second kappa shape index (κ2) is 27.7. The molecule has 1 heteroatoms. The number of hydrogen-bond donors (Lipinski definition) is 0. The second-order valence-electron chi connectivity index (χ2n) is 12.3. The summed E-state index contributed by atoms with van der Waals surface area (Å²) in [5, 5.41) is 0. The standard InChI is InChI=1S/C37H70N/c1-4-7-9-11-13-15-17-19-21-23-25-27-29-31-36-33-34-38(6-3)35-37(36)32-30-28-26-24-22-20-18-16-14-12-10-8-5-2/h33-35H,4-32H2,1-3H3/q+1. The largest absolute Gasteiger partial charge is 0.205 e. The van der Waals surface area contributed by atoms with Crippen molar-refractivity contribution in [3.05, 3.63) is 29.6 Å². The molecule has 1 rings (SSSR count). The van der Waals surface area contributed by atoms with Gasteiger partial charge in [-0.2, -0.15) is 0 Å². The molecule has 38 heavy (non-hydrogen) atoms. The van der Waals surface area contributed by atoms with Gasteiger partial charge in [-0.25, -0.2) is 4.57 Å². The summed E-state index contributed by atoms with van der Waals surface area (Å²) in [5.74, 6) is 0. The van der Waals surface area contributed by atoms with Crippen LogP contribution in [0.25, 0.3) is 0 Å². The van der Waals surface area contributed by atoms with Crippen LogP contribution in [0.3, 0.4) is 0 Å². The second-order valence-corrected chi connectivity index (χ2v) is 12.3. The summed E-state index contributed by atoms with van der Waals surface area (Å²) in [7, 11) is 0. The van der Waals surface area contributed by atoms with E-state index in [1.165, 1.54) is 180 Å². The van der Waals surface area contributed by atoms with Gasteiger partial charge in [0, 0.05) is 11.6 Å². The molecule has 1 nitrogen and oxygen atoms in total. The van der Waals surface area contributed by atoms with E-state index in [0.29, 0.717) is 0 Å². The van der Waals surface area contributed by atoms with Crippen molar-refractivity contribution in [2.24, 2.45) is 0 Å². The lowest BCUT2D eigenvalue weighted by molar-refractivity contribution is -0.694. The third kappa shape index (κ3) is 21.0. The molecule has 0 aliphatic carbocycles. The first-order valence-electron chi connectivity index (χ1n) is 17.8. The highest BCUT2D eigenvalue weighted by atomic mass is 14.9. The lowest BCUT2D eigenvalue weighted by Gasteiger charge is -2.09. The van der Waals surface area contributed by atoms with Gasteiger partial charge in [-0.05, 0) is 38.2 Å². The maximum atomic E-state index is 2.46. The summed E-state index contributed by atoms with van der Waals surface area (Å²) in [6.45, 7) is 7.97. The van der Waals surface area contributed by atoms with Crippen LogP contribution < -0.4 is 4.57 Å². The van der Waals surface area contributed by atoms with Gasteiger partial charge >= 0.3 is 0 Å². The smallest absolute Gasteiger partial charge is 0.172 e. The van der Waals surface area contributed by atoms with Crippen molar-refractivity contribution in [3.8, 4) is 0 Å². The Morgan fingerprint density at radius 1 is 0.395 bits per heavy atom. The van der Waals surface area contributed by atoms with Crippen molar-refractivity contribution in [3.63, 3.8) is 0 Å². The maximum absolute atomic E-state index is 2.46. The van der Waals surface area contributed by atoms with E-state index in [1.54, 1.807) is 11.1 Å². The van der Waals surface area contributed by atoms with Crippen LogP contribution in [0.5, 0.6) is 0 Å². The van der Waals surface area contributed by atoms with Crippen molar-refractivity contribution in [1.82, 2.24) is 0 Å². The average molecular weight is 529 g/mol. The fourth-order valence-corrected chi connectivity index (χ4v) is 5.95. The Bertz CT molecular complexity index is 607. The summed E-state index contributed by atoms with van der Waals surface area (Å²) >= 11 is 0. The Kier molecular flexibility index (Phi) is 25.6. The highest BCUT2D eigenvalue weighted by Gasteiger charge is 2.09. The van der Waals surface area contributed by atoms with E-state index in [2.05, 4.69) is 43.8 Å². The molecule has 0 amide bonds. The summed E-state index contributed by atoms with van der Waals surface area (Å²) in [6, 6.07) is 2.43. The topological polar surface area (TPSA) is 3.88 Å². The molecular formula is C37H70N+. The number of nitrogens with zero attached hydrogens (tertiary/aromatic N) is 1. The molecule has 1 heterocycles. The van der Waals surface area contributed by atoms with Crippen LogP contribution in [0.1, 0.15) is 199 Å². The molecule has 0 aromatic carbocycles. The van der Waals surface area contributed by atoms with E-state index < -0.39 is 0 Å². The van der Waals surface area contributed by atoms with Crippen LogP contribution in [0, 0.1) is 0 Å². The minimum atomic E-state index is 1.09. The molecule has 0 aliphatic rings. The molecule has 0 atom stereocenters. The van der Waals surface area contributed by atoms with Crippen molar-refractivity contribution in [1.29, 1.82) is 0 Å². The van der Waals surface area contributed by atoms with E-state index in [0.717, 1.165) is 6.54 Å². The molecule has 0 N–H and O–H groups in total. The number of unbranched alkanes of at least 4 members (excludes halogenated alkanes) is 24. The van der Waals surface area contributed by atoms with Gasteiger partial charge in [0.15, 0.2) is 12.4 Å². The highest BCUT2D eigenvalue weighted by molar-refractivity contribution is 5.21. The molecule has 1 aromatic heterocycles. The number of hydrogen-bond acceptors (Lipinski definition) is 0. The number of aryl methyl sites for hydroxylation is 3. The quantitative estimate of drug-likeness (QED) is 0.0719. The zero-order valence-corrected chi connectivity index (χ0v) is 26.7. The van der Waals surface area contributed by atoms with Gasteiger partial charge in [0.05, 0.1) is 0 Å². The molecule has 1 aromatic rings. The lowest BCUT2D eigenvalue weighted by atomic mass is 9.97. The predicted molar refractivity (Wildman–Crippen MR) is 171 cm³/mol. The van der Waals surface area contributed by atoms with E-state index >= 15 is 0 Å². The number of pyridine rings is 1. The maximum Gasteiger partial charge on any atom is 0.172 e. The molecule has 0 unspecified atom stereocenters. The van der Waals surface area contributed by atoms with Crippen LogP contribution in [0.4, 0.5) is 0 Å². The van der Waals surface area contributed by atoms with E-state index in [-0.39, 0.29) is 0 Å². The van der Waals surface area contributed by atoms with Gasteiger partial charge in [-0.15, -0.1) is 0 Å². The molecular weight excluding hydrogens is 458 g/mol. The molecule has 222 valence electrons. The summed E-state index contributed by atoms with van der Waals surface area (Å²) in [6.07, 6.45) is 44.8. The van der Waals surface area contributed by atoms with Crippen LogP contribution in [-0.2, 0) is 19.4 Å². The van der Waals surface area contributed by atoms with Crippen molar-refractivity contribution < 1.29 is 4.57 Å². The minimum Gasteiger partial charge on any atom is -0.205 e. The Balaban J connectivity index is 2.07. The molecule has 0 fully saturated rings. The molecule has 0 radical (unpaired) electrons. The van der Waals surface area contributed by atoms with Crippen LogP contribution in [0.15, 0.2) is 18.5 Å². The first-order valence-corrected chi connectivity index (χ1v) is 17.8. The molecule has 0 saturated heterocycles. The van der Waals surface area contributed by atoms with Crippen molar-refractivity contribution >= 4 is 0 Å². The fraction of sp³-hybridized carbons (Fsp3) is 0.865. The number of rotatable bonds is 29. The Labute approximate surface area is 241 Å². The molecule has 0 aliphatic heterocycles. The molecule has 0 spiro atoms. The van der Waals surface area contributed by atoms with E-state index in [1.807, 2.05) is 0 Å². The van der Waals surface area contributed by atoms with E-state index in [9.17, 15) is 0 Å². The van der Waals surface area contributed by atoms with Gasteiger partial charge in [-0.1, -0.05) is 168 Å². The van der Waals surface area contributed by atoms with Gasteiger partial charge in [-0.3, -0.25) is 0 Å². The molecule has 0 saturated carbocycles. The summed E-state index contributed by atoms with van der Waals surface area (Å²) in [5.41, 5.74) is 3.27. The van der Waals surface area contributed by atoms with Gasteiger partial charge in [0.1, 0.15) is 6.54 Å². The van der Waals surface area contributed by atoms with Gasteiger partial charge in [0.2, 0.25) is 0 Å². The van der Waals surface area contributed by atoms with Crippen LogP contribution in [0.2, 0.25) is 0 Å². The van der Waals surface area contributed by atoms with Gasteiger partial charge in [0.25, 0.3) is 0 Å². The van der Waals surface area contributed by atoms with Crippen LogP contribution >= 0.6 is 0 Å². The van der Waals surface area contributed by atoms with E-state index in [4.69, 9.17) is 0 Å². The number of aromatic nitrogens is 1. The van der Waals surface area contributed by atoms with Crippen molar-refractivity contribution in [2.75, 3.05) is 0 Å². The summed E-state index contributed by atoms with van der Waals surface area (Å²) < 4.78 is 2.38. The monoisotopic (exact) mass is 529 g/mol. The first kappa shape index (κ1) is 35.2. The third-order valence-corrected chi connectivity index (χ3v) is 8.67. The summed E-state index contributed by atoms with van der Waals surface area (Å²) in [4.78, 5) is 0. The normalized spacial score (nSPS) is 11.4. The fourth-order valence-electron chi connectivity index (χ4n) is 5.95. The Morgan fingerprint density at radius 2 is 0.711 bits per heavy atom. The first-order chi connectivity index (χ1) is 18.8. The molecule has 0 bridgehead atoms. The Morgan fingerprint density at radius 3 is 1.05 bits per heavy atom. The third-order valence-electron chi connectivity index (χ3n) is 8.67. The van der Waals surface area contributed by atoms with Gasteiger partial charge < -0.3 is 0 Å². The predicted octanol–water partition coefficient (Wildman–Crippen LogP) is 12.3. The van der Waals surface area contributed by atoms with Crippen molar-refractivity contribution in [2.45, 2.75) is 207 Å². The van der Waals surface area contributed by atoms with Crippen LogP contribution in [-0.4, -0.2) is 0 Å². The zero-order valence-electron chi connectivity index (χ0n) is 26.7. The lowest BCUT2D eigenvalue weighted by Crippen LogP contribution is -2.32. The minimum absolute atomic E-state index is 1.09. The average Bonchev–Trinajstić information content (AvgIpc) is 2.94. The highest BCUT2D eigenvalue weighted by Crippen LogP contribution is 2.18.